The maximum absolute atomic E-state index is 12.1. The van der Waals surface area contributed by atoms with Crippen LogP contribution in [0.4, 0.5) is 5.13 Å². The molecule has 3 rings (SSSR count). The van der Waals surface area contributed by atoms with Crippen LogP contribution in [0, 0.1) is 0 Å². The van der Waals surface area contributed by atoms with Crippen LogP contribution in [0.5, 0.6) is 0 Å². The molecule has 2 heterocycles. The fourth-order valence-electron chi connectivity index (χ4n) is 2.47. The fraction of sp³-hybridized carbons (Fsp3) is 0.235. The summed E-state index contributed by atoms with van der Waals surface area (Å²) in [6, 6.07) is 8.03. The average Bonchev–Trinajstić information content (AvgIpc) is 3.19. The molecule has 3 N–H and O–H groups in total. The second-order valence-electron chi connectivity index (χ2n) is 5.40. The molecule has 6 nitrogen and oxygen atoms in total. The highest BCUT2D eigenvalue weighted by molar-refractivity contribution is 7.13. The van der Waals surface area contributed by atoms with Crippen molar-refractivity contribution in [3.63, 3.8) is 0 Å². The van der Waals surface area contributed by atoms with Crippen LogP contribution in [0.2, 0.25) is 0 Å². The molecule has 0 bridgehead atoms. The molecule has 0 fully saturated rings. The highest BCUT2D eigenvalue weighted by Gasteiger charge is 2.10. The predicted molar refractivity (Wildman–Crippen MR) is 95.1 cm³/mol. The van der Waals surface area contributed by atoms with Crippen molar-refractivity contribution in [2.75, 3.05) is 12.4 Å². The van der Waals surface area contributed by atoms with Crippen molar-refractivity contribution in [3.05, 3.63) is 47.1 Å². The van der Waals surface area contributed by atoms with Gasteiger partial charge in [0, 0.05) is 35.9 Å². The molecule has 0 aliphatic carbocycles. The fourth-order valence-corrected chi connectivity index (χ4v) is 3.19. The number of hydrogen-bond donors (Lipinski definition) is 3. The molecule has 0 unspecified atom stereocenters. The number of aryl methyl sites for hydroxylation is 1. The van der Waals surface area contributed by atoms with E-state index in [0.29, 0.717) is 23.7 Å². The lowest BCUT2D eigenvalue weighted by Gasteiger charge is -2.01. The minimum absolute atomic E-state index is 0.0823. The average molecular weight is 342 g/mol. The topological polar surface area (TPSA) is 86.9 Å². The number of hydrogen-bond acceptors (Lipinski definition) is 4. The van der Waals surface area contributed by atoms with E-state index < -0.39 is 0 Å². The van der Waals surface area contributed by atoms with E-state index in [0.717, 1.165) is 16.5 Å². The van der Waals surface area contributed by atoms with Gasteiger partial charge in [-0.2, -0.15) is 0 Å². The van der Waals surface area contributed by atoms with Gasteiger partial charge in [0.1, 0.15) is 0 Å². The van der Waals surface area contributed by atoms with Crippen molar-refractivity contribution in [1.29, 1.82) is 0 Å². The van der Waals surface area contributed by atoms with Crippen molar-refractivity contribution in [2.45, 2.75) is 19.3 Å². The Balaban J connectivity index is 1.55. The number of fused-ring (bicyclic) bond motifs is 1. The molecule has 3 aromatic rings. The van der Waals surface area contributed by atoms with Gasteiger partial charge in [-0.25, -0.2) is 4.98 Å². The summed E-state index contributed by atoms with van der Waals surface area (Å²) >= 11 is 1.33. The molecular weight excluding hydrogens is 324 g/mol. The summed E-state index contributed by atoms with van der Waals surface area (Å²) in [5.41, 5.74) is 2.86. The summed E-state index contributed by atoms with van der Waals surface area (Å²) in [6.07, 6.45) is 3.21. The number of likely N-dealkylation sites (N-methyl/N-ethyl adjacent to an activating group) is 1. The number of nitrogens with one attached hydrogen (secondary N) is 3. The molecule has 0 aliphatic heterocycles. The molecule has 124 valence electrons. The monoisotopic (exact) mass is 342 g/mol. The lowest BCUT2D eigenvalue weighted by atomic mass is 10.1. The zero-order valence-electron chi connectivity index (χ0n) is 13.3. The Bertz CT molecular complexity index is 868. The van der Waals surface area contributed by atoms with Gasteiger partial charge < -0.3 is 15.6 Å². The molecule has 0 atom stereocenters. The highest BCUT2D eigenvalue weighted by Crippen LogP contribution is 2.20. The van der Waals surface area contributed by atoms with Crippen LogP contribution in [0.15, 0.2) is 35.8 Å². The van der Waals surface area contributed by atoms with Gasteiger partial charge in [-0.15, -0.1) is 11.3 Å². The summed E-state index contributed by atoms with van der Waals surface area (Å²) < 4.78 is 0. The van der Waals surface area contributed by atoms with Crippen LogP contribution in [-0.2, 0) is 22.4 Å². The molecule has 1 aromatic carbocycles. The number of anilines is 1. The second-order valence-corrected chi connectivity index (χ2v) is 6.26. The number of para-hydroxylation sites is 1. The van der Waals surface area contributed by atoms with Gasteiger partial charge in [-0.05, 0) is 18.1 Å². The summed E-state index contributed by atoms with van der Waals surface area (Å²) in [6.45, 7) is 0. The predicted octanol–water partition coefficient (Wildman–Crippen LogP) is 2.48. The Morgan fingerprint density at radius 2 is 2.08 bits per heavy atom. The molecule has 0 radical (unpaired) electrons. The maximum Gasteiger partial charge on any atom is 0.226 e. The first-order valence-electron chi connectivity index (χ1n) is 7.65. The first-order chi connectivity index (χ1) is 11.7. The number of amides is 2. The van der Waals surface area contributed by atoms with Crippen LogP contribution in [0.3, 0.4) is 0 Å². The molecule has 2 aromatic heterocycles. The van der Waals surface area contributed by atoms with Crippen LogP contribution >= 0.6 is 11.3 Å². The van der Waals surface area contributed by atoms with E-state index in [1.54, 1.807) is 12.4 Å². The quantitative estimate of drug-likeness (QED) is 0.643. The molecule has 0 saturated carbocycles. The van der Waals surface area contributed by atoms with E-state index in [4.69, 9.17) is 0 Å². The van der Waals surface area contributed by atoms with E-state index in [-0.39, 0.29) is 18.2 Å². The summed E-state index contributed by atoms with van der Waals surface area (Å²) in [5.74, 6) is -0.182. The van der Waals surface area contributed by atoms with E-state index in [9.17, 15) is 9.59 Å². The first-order valence-corrected chi connectivity index (χ1v) is 8.53. The number of carbonyl (C=O) groups excluding carboxylic acids is 2. The van der Waals surface area contributed by atoms with Crippen molar-refractivity contribution in [3.8, 4) is 0 Å². The second kappa shape index (κ2) is 7.27. The van der Waals surface area contributed by atoms with Gasteiger partial charge in [-0.1, -0.05) is 18.2 Å². The van der Waals surface area contributed by atoms with Crippen molar-refractivity contribution >= 4 is 39.2 Å². The Morgan fingerprint density at radius 1 is 1.25 bits per heavy atom. The lowest BCUT2D eigenvalue weighted by Crippen LogP contribution is -2.20. The normalized spacial score (nSPS) is 10.7. The van der Waals surface area contributed by atoms with Crippen LogP contribution in [0.1, 0.15) is 17.7 Å². The summed E-state index contributed by atoms with van der Waals surface area (Å²) in [4.78, 5) is 30.9. The molecule has 24 heavy (non-hydrogen) atoms. The first kappa shape index (κ1) is 16.2. The third kappa shape index (κ3) is 3.80. The van der Waals surface area contributed by atoms with Crippen LogP contribution in [0.25, 0.3) is 10.9 Å². The third-order valence-corrected chi connectivity index (χ3v) is 4.52. The van der Waals surface area contributed by atoms with E-state index in [2.05, 4.69) is 20.6 Å². The molecule has 0 spiro atoms. The maximum atomic E-state index is 12.1. The summed E-state index contributed by atoms with van der Waals surface area (Å²) in [7, 11) is 1.59. The number of nitrogens with zero attached hydrogens (tertiary/aromatic N) is 1. The molecule has 0 aliphatic rings. The zero-order chi connectivity index (χ0) is 16.9. The highest BCUT2D eigenvalue weighted by atomic mass is 32.1. The molecular formula is C17H18N4O2S. The number of rotatable bonds is 6. The van der Waals surface area contributed by atoms with Crippen LogP contribution in [-0.4, -0.2) is 28.8 Å². The molecule has 7 heteroatoms. The zero-order valence-corrected chi connectivity index (χ0v) is 14.1. The lowest BCUT2D eigenvalue weighted by molar-refractivity contribution is -0.120. The van der Waals surface area contributed by atoms with Gasteiger partial charge in [0.25, 0.3) is 0 Å². The van der Waals surface area contributed by atoms with Crippen molar-refractivity contribution in [1.82, 2.24) is 15.3 Å². The smallest absolute Gasteiger partial charge is 0.226 e. The number of thiazole rings is 1. The SMILES string of the molecule is CNC(=O)Cc1csc(NC(=O)CCc2c[nH]c3ccccc23)n1. The van der Waals surface area contributed by atoms with Crippen molar-refractivity contribution in [2.24, 2.45) is 0 Å². The van der Waals surface area contributed by atoms with Gasteiger partial charge in [-0.3, -0.25) is 9.59 Å². The Kier molecular flexibility index (Phi) is 4.90. The summed E-state index contributed by atoms with van der Waals surface area (Å²) in [5, 5.41) is 8.79. The van der Waals surface area contributed by atoms with Gasteiger partial charge >= 0.3 is 0 Å². The third-order valence-electron chi connectivity index (χ3n) is 3.71. The standard InChI is InChI=1S/C17H18N4O2S/c1-18-16(23)8-12-10-24-17(20-12)21-15(22)7-6-11-9-19-14-5-3-2-4-13(11)14/h2-5,9-10,19H,6-8H2,1H3,(H,18,23)(H,20,21,22). The number of benzene rings is 1. The largest absolute Gasteiger partial charge is 0.361 e. The molecule has 2 amide bonds. The minimum atomic E-state index is -0.0995. The number of H-pyrrole nitrogens is 1. The van der Waals surface area contributed by atoms with Crippen molar-refractivity contribution < 1.29 is 9.59 Å². The Labute approximate surface area is 143 Å². The van der Waals surface area contributed by atoms with Gasteiger partial charge in [0.2, 0.25) is 11.8 Å². The number of carbonyl (C=O) groups is 2. The Hall–Kier alpha value is -2.67. The van der Waals surface area contributed by atoms with Crippen LogP contribution < -0.4 is 10.6 Å². The van der Waals surface area contributed by atoms with E-state index in [1.807, 2.05) is 30.5 Å². The molecule has 0 saturated heterocycles. The Morgan fingerprint density at radius 3 is 2.92 bits per heavy atom. The minimum Gasteiger partial charge on any atom is -0.361 e. The van der Waals surface area contributed by atoms with Gasteiger partial charge in [0.05, 0.1) is 12.1 Å². The number of aromatic nitrogens is 2. The van der Waals surface area contributed by atoms with E-state index in [1.165, 1.54) is 11.3 Å². The number of aromatic amines is 1. The van der Waals surface area contributed by atoms with Gasteiger partial charge in [0.15, 0.2) is 5.13 Å². The van der Waals surface area contributed by atoms with E-state index >= 15 is 0 Å².